The van der Waals surface area contributed by atoms with E-state index < -0.39 is 5.41 Å². The monoisotopic (exact) mass is 824 g/mol. The number of hydrogen-bond acceptors (Lipinski definition) is 4. The number of anilines is 1. The Morgan fingerprint density at radius 3 is 1.60 bits per heavy atom. The SMILES string of the molecule is C1=C2C(=CN3B1c1ccccc1-c1cc(-c4nc(-c5ccc(-c6ccccc6)cc5)nc(-c5ccc6ccccc6c5)n4)ccc13)C1(c3ccccc32)c2ccccc2-c2ccccc21. The lowest BCUT2D eigenvalue weighted by atomic mass is 9.48. The van der Waals surface area contributed by atoms with Crippen molar-refractivity contribution in [3.63, 3.8) is 0 Å². The summed E-state index contributed by atoms with van der Waals surface area (Å²) in [7, 11) is 0. The van der Waals surface area contributed by atoms with Gasteiger partial charge in [-0.05, 0) is 108 Å². The predicted octanol–water partition coefficient (Wildman–Crippen LogP) is 13.2. The van der Waals surface area contributed by atoms with Gasteiger partial charge in [-0.15, -0.1) is 0 Å². The molecule has 9 aromatic carbocycles. The molecule has 0 unspecified atom stereocenters. The zero-order valence-electron chi connectivity index (χ0n) is 35.2. The largest absolute Gasteiger partial charge is 0.383 e. The van der Waals surface area contributed by atoms with Crippen LogP contribution in [0, 0.1) is 0 Å². The fourth-order valence-corrected chi connectivity index (χ4v) is 11.3. The van der Waals surface area contributed by atoms with Crippen LogP contribution >= 0.6 is 0 Å². The second-order valence-electron chi connectivity index (χ2n) is 17.5. The smallest absolute Gasteiger partial charge is 0.321 e. The number of hydrogen-bond donors (Lipinski definition) is 0. The molecular formula is C60H37BN4. The van der Waals surface area contributed by atoms with Gasteiger partial charge in [0.05, 0.1) is 5.41 Å². The summed E-state index contributed by atoms with van der Waals surface area (Å²) in [4.78, 5) is 18.2. The van der Waals surface area contributed by atoms with Gasteiger partial charge in [-0.1, -0.05) is 194 Å². The van der Waals surface area contributed by atoms with Crippen molar-refractivity contribution >= 4 is 34.3 Å². The summed E-state index contributed by atoms with van der Waals surface area (Å²) in [5.41, 5.74) is 20.1. The Kier molecular flexibility index (Phi) is 7.67. The van der Waals surface area contributed by atoms with Gasteiger partial charge in [0.15, 0.2) is 17.5 Å². The fourth-order valence-electron chi connectivity index (χ4n) is 11.3. The second kappa shape index (κ2) is 13.8. The third-order valence-electron chi connectivity index (χ3n) is 14.2. The molecule has 0 radical (unpaired) electrons. The van der Waals surface area contributed by atoms with E-state index in [0.29, 0.717) is 17.5 Å². The average Bonchev–Trinajstić information content (AvgIpc) is 3.85. The van der Waals surface area contributed by atoms with Crippen LogP contribution in [0.1, 0.15) is 22.3 Å². The van der Waals surface area contributed by atoms with E-state index in [9.17, 15) is 0 Å². The van der Waals surface area contributed by atoms with Crippen LogP contribution in [0.15, 0.2) is 230 Å². The highest BCUT2D eigenvalue weighted by Gasteiger charge is 2.55. The number of benzene rings is 9. The Morgan fingerprint density at radius 2 is 0.877 bits per heavy atom. The highest BCUT2D eigenvalue weighted by Crippen LogP contribution is 2.64. The molecule has 0 saturated carbocycles. The third kappa shape index (κ3) is 5.24. The Hall–Kier alpha value is -8.41. The summed E-state index contributed by atoms with van der Waals surface area (Å²) < 4.78 is 0. The molecule has 5 heteroatoms. The van der Waals surface area contributed by atoms with E-state index in [2.05, 4.69) is 223 Å². The minimum Gasteiger partial charge on any atom is -0.383 e. The molecule has 4 aliphatic rings. The fraction of sp³-hybridized carbons (Fsp3) is 0.0167. The third-order valence-corrected chi connectivity index (χ3v) is 14.2. The van der Waals surface area contributed by atoms with Crippen molar-refractivity contribution in [2.24, 2.45) is 0 Å². The van der Waals surface area contributed by atoms with E-state index in [1.807, 2.05) is 6.07 Å². The van der Waals surface area contributed by atoms with Gasteiger partial charge in [-0.3, -0.25) is 0 Å². The quantitative estimate of drug-likeness (QED) is 0.166. The molecule has 0 atom stereocenters. The standard InChI is InChI=1S/C60H37BN4/c1-2-14-38(15-3-1)40-26-29-41(30-27-40)57-62-58(43-31-28-39-16-4-5-17-42(39)34-43)64-59(63-57)44-32-33-56-49(35-44)48-21-9-13-25-55(48)61-36-50-47-20-8-12-24-53(47)60(54(50)37-65(56)61)51-22-10-6-18-45(51)46-19-7-11-23-52(46)60/h1-37H. The lowest BCUT2D eigenvalue weighted by Crippen LogP contribution is -2.50. The van der Waals surface area contributed by atoms with Gasteiger partial charge >= 0.3 is 6.85 Å². The molecule has 0 bridgehead atoms. The molecule has 0 amide bonds. The lowest BCUT2D eigenvalue weighted by molar-refractivity contribution is 0.791. The summed E-state index contributed by atoms with van der Waals surface area (Å²) in [5.74, 6) is 4.44. The number of nitrogens with zero attached hydrogens (tertiary/aromatic N) is 4. The molecule has 0 fully saturated rings. The van der Waals surface area contributed by atoms with Crippen molar-refractivity contribution in [3.05, 3.63) is 252 Å². The first-order chi connectivity index (χ1) is 32.2. The van der Waals surface area contributed by atoms with E-state index in [-0.39, 0.29) is 6.85 Å². The number of rotatable bonds is 4. The maximum Gasteiger partial charge on any atom is 0.321 e. The molecule has 0 N–H and O–H groups in total. The molecule has 0 saturated heterocycles. The van der Waals surface area contributed by atoms with Crippen molar-refractivity contribution in [2.75, 3.05) is 4.81 Å². The minimum absolute atomic E-state index is 0.0144. The second-order valence-corrected chi connectivity index (χ2v) is 17.5. The van der Waals surface area contributed by atoms with Crippen LogP contribution in [-0.4, -0.2) is 21.8 Å². The van der Waals surface area contributed by atoms with Crippen LogP contribution < -0.4 is 10.3 Å². The first-order valence-corrected chi connectivity index (χ1v) is 22.4. The van der Waals surface area contributed by atoms with Gasteiger partial charge in [0.25, 0.3) is 0 Å². The molecular weight excluding hydrogens is 787 g/mol. The molecule has 65 heavy (non-hydrogen) atoms. The molecule has 10 aromatic rings. The summed E-state index contributed by atoms with van der Waals surface area (Å²) in [6, 6.07) is 76.7. The summed E-state index contributed by atoms with van der Waals surface area (Å²) in [5, 5.41) is 2.32. The normalized spacial score (nSPS) is 14.4. The van der Waals surface area contributed by atoms with Crippen LogP contribution in [0.25, 0.3) is 83.9 Å². The zero-order chi connectivity index (χ0) is 42.6. The first-order valence-electron chi connectivity index (χ1n) is 22.4. The molecule has 1 spiro atoms. The molecule has 1 aromatic heterocycles. The average molecular weight is 825 g/mol. The lowest BCUT2D eigenvalue weighted by Gasteiger charge is -2.40. The van der Waals surface area contributed by atoms with E-state index in [4.69, 9.17) is 15.0 Å². The summed E-state index contributed by atoms with van der Waals surface area (Å²) >= 11 is 0. The number of aromatic nitrogens is 3. The highest BCUT2D eigenvalue weighted by atomic mass is 15.1. The van der Waals surface area contributed by atoms with Crippen LogP contribution in [0.2, 0.25) is 0 Å². The zero-order valence-corrected chi connectivity index (χ0v) is 35.2. The Morgan fingerprint density at radius 1 is 0.369 bits per heavy atom. The van der Waals surface area contributed by atoms with Crippen LogP contribution in [-0.2, 0) is 5.41 Å². The topological polar surface area (TPSA) is 41.9 Å². The first kappa shape index (κ1) is 36.1. The molecule has 4 nitrogen and oxygen atoms in total. The van der Waals surface area contributed by atoms with E-state index in [1.54, 1.807) is 0 Å². The van der Waals surface area contributed by atoms with Gasteiger partial charge < -0.3 is 4.81 Å². The van der Waals surface area contributed by atoms with Gasteiger partial charge in [0, 0.05) is 27.9 Å². The maximum absolute atomic E-state index is 5.26. The van der Waals surface area contributed by atoms with Gasteiger partial charge in [0.2, 0.25) is 0 Å². The van der Waals surface area contributed by atoms with Gasteiger partial charge in [-0.2, -0.15) is 0 Å². The van der Waals surface area contributed by atoms with Gasteiger partial charge in [-0.25, -0.2) is 15.0 Å². The highest BCUT2D eigenvalue weighted by molar-refractivity contribution is 6.84. The predicted molar refractivity (Wildman–Crippen MR) is 267 cm³/mol. The van der Waals surface area contributed by atoms with Crippen molar-refractivity contribution in [3.8, 4) is 67.5 Å². The Balaban J connectivity index is 0.945. The van der Waals surface area contributed by atoms with Gasteiger partial charge in [0.1, 0.15) is 0 Å². The van der Waals surface area contributed by atoms with Crippen molar-refractivity contribution in [1.29, 1.82) is 0 Å². The van der Waals surface area contributed by atoms with Crippen molar-refractivity contribution < 1.29 is 0 Å². The van der Waals surface area contributed by atoms with Crippen LogP contribution in [0.5, 0.6) is 0 Å². The maximum atomic E-state index is 5.26. The Bertz CT molecular complexity index is 3640. The summed E-state index contributed by atoms with van der Waals surface area (Å²) in [6.45, 7) is 0.0144. The molecule has 2 aliphatic carbocycles. The minimum atomic E-state index is -0.433. The molecule has 2 aliphatic heterocycles. The molecule has 300 valence electrons. The van der Waals surface area contributed by atoms with Crippen LogP contribution in [0.3, 0.4) is 0 Å². The van der Waals surface area contributed by atoms with Crippen molar-refractivity contribution in [1.82, 2.24) is 15.0 Å². The van der Waals surface area contributed by atoms with Crippen LogP contribution in [0.4, 0.5) is 5.69 Å². The number of fused-ring (bicyclic) bond motifs is 17. The van der Waals surface area contributed by atoms with Crippen molar-refractivity contribution in [2.45, 2.75) is 5.41 Å². The molecule has 14 rings (SSSR count). The molecule has 3 heterocycles. The van der Waals surface area contributed by atoms with E-state index in [0.717, 1.165) is 38.9 Å². The Labute approximate surface area is 377 Å². The summed E-state index contributed by atoms with van der Waals surface area (Å²) in [6.07, 6.45) is 2.48. The van der Waals surface area contributed by atoms with E-state index >= 15 is 0 Å². The number of allylic oxidation sites excluding steroid dienone is 2. The van der Waals surface area contributed by atoms with E-state index in [1.165, 1.54) is 66.5 Å².